The molecule has 0 aliphatic rings. The highest BCUT2D eigenvalue weighted by molar-refractivity contribution is 7.23. The largest absolute Gasteiger partial charge is 0.456 e. The minimum atomic E-state index is -0.0470. The van der Waals surface area contributed by atoms with Crippen LogP contribution in [0.1, 0.15) is 5.56 Å². The first-order valence-corrected chi connectivity index (χ1v) is 15.6. The summed E-state index contributed by atoms with van der Waals surface area (Å²) in [7, 11) is 0. The average molecular weight is 599 g/mol. The van der Waals surface area contributed by atoms with E-state index in [9.17, 15) is 4.79 Å². The van der Waals surface area contributed by atoms with Crippen LogP contribution in [0.5, 0.6) is 0 Å². The molecule has 0 radical (unpaired) electrons. The molecule has 0 bridgehead atoms. The van der Waals surface area contributed by atoms with Crippen molar-refractivity contribution < 1.29 is 8.83 Å². The Balaban J connectivity index is 1.20. The van der Waals surface area contributed by atoms with Crippen LogP contribution in [0.2, 0.25) is 0 Å². The van der Waals surface area contributed by atoms with E-state index in [1.165, 1.54) is 11.3 Å². The first-order chi connectivity index (χ1) is 22.1. The Labute approximate surface area is 259 Å². The maximum Gasteiger partial charge on any atom is 0.266 e. The minimum absolute atomic E-state index is 0.0470. The van der Waals surface area contributed by atoms with E-state index in [-0.39, 0.29) is 5.56 Å². The Hall–Kier alpha value is -5.72. The lowest BCUT2D eigenvalue weighted by Gasteiger charge is -2.07. The van der Waals surface area contributed by atoms with Crippen LogP contribution in [0.15, 0.2) is 129 Å². The second kappa shape index (κ2) is 8.91. The van der Waals surface area contributed by atoms with Gasteiger partial charge in [0, 0.05) is 26.2 Å². The Morgan fingerprint density at radius 3 is 2.13 bits per heavy atom. The second-order valence-corrected chi connectivity index (χ2v) is 12.6. The van der Waals surface area contributed by atoms with E-state index in [0.29, 0.717) is 10.3 Å². The summed E-state index contributed by atoms with van der Waals surface area (Å²) < 4.78 is 15.2. The van der Waals surface area contributed by atoms with E-state index in [2.05, 4.69) is 42.5 Å². The Kier molecular flexibility index (Phi) is 4.89. The van der Waals surface area contributed by atoms with Gasteiger partial charge in [0.05, 0.1) is 16.4 Å². The number of hydrogen-bond donors (Lipinski definition) is 0. The summed E-state index contributed by atoms with van der Waals surface area (Å²) in [6, 6.07) is 39.1. The molecule has 0 N–H and O–H groups in total. The Morgan fingerprint density at radius 2 is 1.31 bits per heavy atom. The predicted molar refractivity (Wildman–Crippen MR) is 185 cm³/mol. The van der Waals surface area contributed by atoms with Gasteiger partial charge in [0.1, 0.15) is 22.3 Å². The average Bonchev–Trinajstić information content (AvgIpc) is 3.74. The van der Waals surface area contributed by atoms with Crippen molar-refractivity contribution in [2.24, 2.45) is 0 Å². The molecule has 6 heteroatoms. The molecule has 0 aliphatic carbocycles. The molecule has 4 heterocycles. The van der Waals surface area contributed by atoms with Crippen molar-refractivity contribution in [2.45, 2.75) is 6.92 Å². The van der Waals surface area contributed by atoms with Gasteiger partial charge in [-0.15, -0.1) is 0 Å². The summed E-state index contributed by atoms with van der Waals surface area (Å²) in [5.41, 5.74) is 10.5. The molecule has 0 amide bonds. The standard InChI is InChI=1S/C39H22N2O3S/c1-21-12-16-30-29(18-21)40-39-41(30)38(42)27-15-13-23(20-35(27)45-39)25-8-5-11-34-37(25)28-19-22(14-17-32(28)44-34)24-7-4-10-33-36(24)26-6-2-3-9-31(26)43-33/h2-20H,1H3. The zero-order chi connectivity index (χ0) is 29.8. The maximum atomic E-state index is 13.7. The van der Waals surface area contributed by atoms with Crippen molar-refractivity contribution in [2.75, 3.05) is 0 Å². The fourth-order valence-corrected chi connectivity index (χ4v) is 7.92. The number of rotatable bonds is 2. The first-order valence-electron chi connectivity index (χ1n) is 14.8. The maximum absolute atomic E-state index is 13.7. The number of hydrogen-bond acceptors (Lipinski definition) is 5. The highest BCUT2D eigenvalue weighted by Crippen LogP contribution is 2.42. The van der Waals surface area contributed by atoms with E-state index >= 15 is 0 Å². The minimum Gasteiger partial charge on any atom is -0.456 e. The van der Waals surface area contributed by atoms with E-state index in [0.717, 1.165) is 87.4 Å². The summed E-state index contributed by atoms with van der Waals surface area (Å²) in [6.07, 6.45) is 0. The number of fused-ring (bicyclic) bond motifs is 10. The van der Waals surface area contributed by atoms with Gasteiger partial charge < -0.3 is 8.83 Å². The zero-order valence-electron chi connectivity index (χ0n) is 24.0. The van der Waals surface area contributed by atoms with Gasteiger partial charge >= 0.3 is 0 Å². The summed E-state index contributed by atoms with van der Waals surface area (Å²) in [4.78, 5) is 19.2. The molecule has 0 aliphatic heterocycles. The lowest BCUT2D eigenvalue weighted by Crippen LogP contribution is -2.11. The molecule has 5 nitrogen and oxygen atoms in total. The van der Waals surface area contributed by atoms with Gasteiger partial charge in [-0.1, -0.05) is 72.0 Å². The molecule has 0 saturated carbocycles. The third kappa shape index (κ3) is 3.48. The van der Waals surface area contributed by atoms with E-state index in [1.54, 1.807) is 4.40 Å². The molecular formula is C39H22N2O3S. The Morgan fingerprint density at radius 1 is 0.622 bits per heavy atom. The van der Waals surface area contributed by atoms with E-state index < -0.39 is 0 Å². The number of imidazole rings is 1. The van der Waals surface area contributed by atoms with Gasteiger partial charge in [0.15, 0.2) is 4.96 Å². The predicted octanol–water partition coefficient (Wildman–Crippen LogP) is 10.5. The fraction of sp³-hybridized carbons (Fsp3) is 0.0256. The quantitative estimate of drug-likeness (QED) is 0.199. The molecule has 10 rings (SSSR count). The van der Waals surface area contributed by atoms with Crippen molar-refractivity contribution in [1.82, 2.24) is 9.38 Å². The topological polar surface area (TPSA) is 60.7 Å². The smallest absolute Gasteiger partial charge is 0.266 e. The first kappa shape index (κ1) is 24.7. The van der Waals surface area contributed by atoms with Crippen LogP contribution in [0, 0.1) is 6.92 Å². The number of aromatic nitrogens is 2. The van der Waals surface area contributed by atoms with Crippen LogP contribution < -0.4 is 5.56 Å². The zero-order valence-corrected chi connectivity index (χ0v) is 24.8. The van der Waals surface area contributed by atoms with Crippen molar-refractivity contribution >= 4 is 81.3 Å². The van der Waals surface area contributed by atoms with Gasteiger partial charge in [0.25, 0.3) is 5.56 Å². The molecule has 212 valence electrons. The molecule has 0 fully saturated rings. The van der Waals surface area contributed by atoms with Crippen molar-refractivity contribution in [3.05, 3.63) is 131 Å². The summed E-state index contributed by atoms with van der Waals surface area (Å²) in [6.45, 7) is 2.04. The van der Waals surface area contributed by atoms with E-state index in [4.69, 9.17) is 13.8 Å². The summed E-state index contributed by atoms with van der Waals surface area (Å²) in [5.74, 6) is 0. The molecule has 45 heavy (non-hydrogen) atoms. The van der Waals surface area contributed by atoms with Crippen LogP contribution >= 0.6 is 11.3 Å². The molecular weight excluding hydrogens is 577 g/mol. The van der Waals surface area contributed by atoms with E-state index in [1.807, 2.05) is 79.7 Å². The van der Waals surface area contributed by atoms with Crippen LogP contribution in [0.25, 0.3) is 92.2 Å². The van der Waals surface area contributed by atoms with Gasteiger partial charge in [-0.05, 0) is 89.3 Å². The second-order valence-electron chi connectivity index (χ2n) is 11.6. The molecule has 0 saturated heterocycles. The Bertz CT molecular complexity index is 2920. The fourth-order valence-electron chi connectivity index (χ4n) is 6.85. The highest BCUT2D eigenvalue weighted by Gasteiger charge is 2.18. The number of aryl methyl sites for hydroxylation is 1. The molecule has 0 atom stereocenters. The molecule has 6 aromatic carbocycles. The molecule has 10 aromatic rings. The normalized spacial score (nSPS) is 12.2. The third-order valence-electron chi connectivity index (χ3n) is 8.92. The lowest BCUT2D eigenvalue weighted by atomic mass is 9.95. The molecule has 4 aromatic heterocycles. The summed E-state index contributed by atoms with van der Waals surface area (Å²) >= 11 is 1.54. The lowest BCUT2D eigenvalue weighted by molar-refractivity contribution is 0.669. The van der Waals surface area contributed by atoms with Gasteiger partial charge in [-0.25, -0.2) is 9.38 Å². The molecule has 0 spiro atoms. The number of nitrogens with zero attached hydrogens (tertiary/aromatic N) is 2. The van der Waals surface area contributed by atoms with Gasteiger partial charge in [0.2, 0.25) is 0 Å². The number of furan rings is 2. The van der Waals surface area contributed by atoms with Crippen LogP contribution in [-0.2, 0) is 0 Å². The number of para-hydroxylation sites is 1. The summed E-state index contributed by atoms with van der Waals surface area (Å²) in [5, 5.41) is 4.99. The molecule has 0 unspecified atom stereocenters. The monoisotopic (exact) mass is 598 g/mol. The number of benzene rings is 6. The van der Waals surface area contributed by atoms with Crippen LogP contribution in [0.3, 0.4) is 0 Å². The van der Waals surface area contributed by atoms with Crippen molar-refractivity contribution in [1.29, 1.82) is 0 Å². The SMILES string of the molecule is Cc1ccc2c(c1)nc1sc3cc(-c4cccc5oc6ccc(-c7cccc8oc9ccccc9c78)cc6c45)ccc3c(=O)n12. The van der Waals surface area contributed by atoms with Crippen LogP contribution in [-0.4, -0.2) is 9.38 Å². The highest BCUT2D eigenvalue weighted by atomic mass is 32.1. The third-order valence-corrected chi connectivity index (χ3v) is 9.93. The van der Waals surface area contributed by atoms with Crippen molar-refractivity contribution in [3.63, 3.8) is 0 Å². The van der Waals surface area contributed by atoms with Gasteiger partial charge in [-0.3, -0.25) is 4.79 Å². The van der Waals surface area contributed by atoms with Crippen molar-refractivity contribution in [3.8, 4) is 22.3 Å². The van der Waals surface area contributed by atoms with Crippen LogP contribution in [0.4, 0.5) is 0 Å². The van der Waals surface area contributed by atoms with Gasteiger partial charge in [-0.2, -0.15) is 0 Å².